The van der Waals surface area contributed by atoms with Gasteiger partial charge in [0.25, 0.3) is 0 Å². The van der Waals surface area contributed by atoms with Crippen LogP contribution >= 0.6 is 0 Å². The molecule has 0 unspecified atom stereocenters. The molecule has 3 aromatic rings. The maximum Gasteiger partial charge on any atom is 0.241 e. The standard InChI is InChI=1S/C22H21FN4O2S/c1-22(2,3)27-30(28,29)15-10-8-14(9-11-15)20-12-17(18(13-24)21(25)26-20)16-6-4-5-7-19(16)23/h4-12,27H,1-3H3,(H2,25,26). The van der Waals surface area contributed by atoms with E-state index >= 15 is 0 Å². The predicted octanol–water partition coefficient (Wildman–Crippen LogP) is 4.09. The topological polar surface area (TPSA) is 109 Å². The lowest BCUT2D eigenvalue weighted by Gasteiger charge is -2.20. The summed E-state index contributed by atoms with van der Waals surface area (Å²) in [6.07, 6.45) is 0. The summed E-state index contributed by atoms with van der Waals surface area (Å²) in [5, 5.41) is 9.47. The van der Waals surface area contributed by atoms with Gasteiger partial charge in [0.15, 0.2) is 0 Å². The second kappa shape index (κ2) is 7.86. The zero-order chi connectivity index (χ0) is 22.1. The van der Waals surface area contributed by atoms with Crippen LogP contribution in [0, 0.1) is 17.1 Å². The Balaban J connectivity index is 2.07. The van der Waals surface area contributed by atoms with E-state index in [0.29, 0.717) is 16.8 Å². The fraction of sp³-hybridized carbons (Fsp3) is 0.182. The van der Waals surface area contributed by atoms with Crippen molar-refractivity contribution >= 4 is 15.8 Å². The van der Waals surface area contributed by atoms with Crippen molar-refractivity contribution in [1.29, 1.82) is 5.26 Å². The first-order valence-electron chi connectivity index (χ1n) is 9.12. The number of rotatable bonds is 4. The van der Waals surface area contributed by atoms with Gasteiger partial charge in [-0.15, -0.1) is 0 Å². The number of nitrogens with one attached hydrogen (secondary N) is 1. The van der Waals surface area contributed by atoms with Crippen molar-refractivity contribution in [2.75, 3.05) is 5.73 Å². The van der Waals surface area contributed by atoms with E-state index in [0.717, 1.165) is 0 Å². The Morgan fingerprint density at radius 3 is 2.27 bits per heavy atom. The molecular weight excluding hydrogens is 403 g/mol. The van der Waals surface area contributed by atoms with Crippen LogP contribution in [0.5, 0.6) is 0 Å². The molecule has 0 aliphatic heterocycles. The third kappa shape index (κ3) is 4.48. The number of nitrogens with zero attached hydrogens (tertiary/aromatic N) is 2. The van der Waals surface area contributed by atoms with Crippen molar-refractivity contribution in [3.05, 3.63) is 66.0 Å². The summed E-state index contributed by atoms with van der Waals surface area (Å²) in [7, 11) is -3.68. The summed E-state index contributed by atoms with van der Waals surface area (Å²) < 4.78 is 41.9. The highest BCUT2D eigenvalue weighted by Gasteiger charge is 2.22. The number of anilines is 1. The number of aromatic nitrogens is 1. The Morgan fingerprint density at radius 2 is 1.70 bits per heavy atom. The average Bonchev–Trinajstić information content (AvgIpc) is 2.66. The zero-order valence-corrected chi connectivity index (χ0v) is 17.6. The SMILES string of the molecule is CC(C)(C)NS(=O)(=O)c1ccc(-c2cc(-c3ccccc3F)c(C#N)c(N)n2)cc1. The molecular formula is C22H21FN4O2S. The number of hydrogen-bond acceptors (Lipinski definition) is 5. The van der Waals surface area contributed by atoms with Crippen molar-refractivity contribution in [3.63, 3.8) is 0 Å². The van der Waals surface area contributed by atoms with E-state index in [1.54, 1.807) is 57.2 Å². The van der Waals surface area contributed by atoms with Crippen molar-refractivity contribution in [3.8, 4) is 28.5 Å². The number of nitrogen functional groups attached to an aromatic ring is 1. The van der Waals surface area contributed by atoms with Gasteiger partial charge in [-0.1, -0.05) is 30.3 Å². The second-order valence-electron chi connectivity index (χ2n) is 7.79. The molecule has 0 aliphatic rings. The van der Waals surface area contributed by atoms with Gasteiger partial charge in [0, 0.05) is 22.2 Å². The maximum atomic E-state index is 14.3. The van der Waals surface area contributed by atoms with Crippen molar-refractivity contribution < 1.29 is 12.8 Å². The summed E-state index contributed by atoms with van der Waals surface area (Å²) in [6.45, 7) is 5.27. The molecule has 2 aromatic carbocycles. The van der Waals surface area contributed by atoms with E-state index in [2.05, 4.69) is 9.71 Å². The second-order valence-corrected chi connectivity index (χ2v) is 9.47. The van der Waals surface area contributed by atoms with Gasteiger partial charge >= 0.3 is 0 Å². The van der Waals surface area contributed by atoms with E-state index in [9.17, 15) is 18.1 Å². The van der Waals surface area contributed by atoms with Gasteiger partial charge in [0.1, 0.15) is 23.3 Å². The zero-order valence-electron chi connectivity index (χ0n) is 16.8. The van der Waals surface area contributed by atoms with Crippen LogP contribution in [0.3, 0.4) is 0 Å². The molecule has 1 aromatic heterocycles. The fourth-order valence-electron chi connectivity index (χ4n) is 2.99. The normalized spacial score (nSPS) is 11.8. The van der Waals surface area contributed by atoms with Crippen LogP contribution in [0.1, 0.15) is 26.3 Å². The Bertz CT molecular complexity index is 1240. The third-order valence-electron chi connectivity index (χ3n) is 4.22. The van der Waals surface area contributed by atoms with Gasteiger partial charge in [0.05, 0.1) is 10.6 Å². The minimum atomic E-state index is -3.68. The summed E-state index contributed by atoms with van der Waals surface area (Å²) in [5.41, 5.74) is 6.97. The van der Waals surface area contributed by atoms with Crippen LogP contribution < -0.4 is 10.5 Å². The van der Waals surface area contributed by atoms with E-state index in [4.69, 9.17) is 5.73 Å². The molecule has 0 aliphatic carbocycles. The molecule has 0 radical (unpaired) electrons. The molecule has 0 bridgehead atoms. The van der Waals surface area contributed by atoms with E-state index in [1.807, 2.05) is 6.07 Å². The Kier molecular flexibility index (Phi) is 5.61. The van der Waals surface area contributed by atoms with Gasteiger partial charge < -0.3 is 5.73 Å². The summed E-state index contributed by atoms with van der Waals surface area (Å²) >= 11 is 0. The molecule has 154 valence electrons. The number of pyridine rings is 1. The maximum absolute atomic E-state index is 14.3. The highest BCUT2D eigenvalue weighted by molar-refractivity contribution is 7.89. The van der Waals surface area contributed by atoms with Gasteiger partial charge in [-0.25, -0.2) is 22.5 Å². The number of benzene rings is 2. The minimum absolute atomic E-state index is 0.0284. The monoisotopic (exact) mass is 424 g/mol. The highest BCUT2D eigenvalue weighted by atomic mass is 32.2. The molecule has 0 saturated heterocycles. The summed E-state index contributed by atoms with van der Waals surface area (Å²) in [5.74, 6) is -0.514. The lowest BCUT2D eigenvalue weighted by atomic mass is 9.98. The van der Waals surface area contributed by atoms with Crippen LogP contribution in [-0.4, -0.2) is 18.9 Å². The minimum Gasteiger partial charge on any atom is -0.383 e. The van der Waals surface area contributed by atoms with Crippen molar-refractivity contribution in [2.24, 2.45) is 0 Å². The molecule has 30 heavy (non-hydrogen) atoms. The summed E-state index contributed by atoms with van der Waals surface area (Å²) in [6, 6.07) is 15.7. The number of nitriles is 1. The molecule has 0 fully saturated rings. The van der Waals surface area contributed by atoms with Crippen LogP contribution in [0.4, 0.5) is 10.2 Å². The van der Waals surface area contributed by atoms with E-state index in [1.165, 1.54) is 18.2 Å². The van der Waals surface area contributed by atoms with E-state index in [-0.39, 0.29) is 21.8 Å². The van der Waals surface area contributed by atoms with Crippen LogP contribution in [0.25, 0.3) is 22.4 Å². The van der Waals surface area contributed by atoms with Crippen molar-refractivity contribution in [2.45, 2.75) is 31.2 Å². The Morgan fingerprint density at radius 1 is 1.07 bits per heavy atom. The molecule has 3 N–H and O–H groups in total. The Hall–Kier alpha value is -3.28. The smallest absolute Gasteiger partial charge is 0.241 e. The van der Waals surface area contributed by atoms with Crippen molar-refractivity contribution in [1.82, 2.24) is 9.71 Å². The molecule has 0 saturated carbocycles. The fourth-order valence-corrected chi connectivity index (χ4v) is 4.41. The van der Waals surface area contributed by atoms with Crippen LogP contribution in [-0.2, 0) is 10.0 Å². The largest absolute Gasteiger partial charge is 0.383 e. The molecule has 0 atom stereocenters. The first-order valence-corrected chi connectivity index (χ1v) is 10.6. The number of nitrogens with two attached hydrogens (primary N) is 1. The van der Waals surface area contributed by atoms with E-state index < -0.39 is 21.4 Å². The van der Waals surface area contributed by atoms with Gasteiger partial charge in [0.2, 0.25) is 10.0 Å². The summed E-state index contributed by atoms with van der Waals surface area (Å²) in [4.78, 5) is 4.36. The highest BCUT2D eigenvalue weighted by Crippen LogP contribution is 2.32. The molecule has 6 nitrogen and oxygen atoms in total. The number of hydrogen-bond donors (Lipinski definition) is 2. The number of sulfonamides is 1. The quantitative estimate of drug-likeness (QED) is 0.656. The van der Waals surface area contributed by atoms with Gasteiger partial charge in [-0.2, -0.15) is 5.26 Å². The number of halogens is 1. The first kappa shape index (κ1) is 21.4. The average molecular weight is 425 g/mol. The third-order valence-corrected chi connectivity index (χ3v) is 6.00. The van der Waals surface area contributed by atoms with Crippen LogP contribution in [0.2, 0.25) is 0 Å². The van der Waals surface area contributed by atoms with Crippen LogP contribution in [0.15, 0.2) is 59.5 Å². The molecule has 3 rings (SSSR count). The molecule has 1 heterocycles. The lowest BCUT2D eigenvalue weighted by molar-refractivity contribution is 0.491. The Labute approximate surface area is 175 Å². The van der Waals surface area contributed by atoms with Gasteiger partial charge in [-0.3, -0.25) is 0 Å². The predicted molar refractivity (Wildman–Crippen MR) is 114 cm³/mol. The molecule has 0 spiro atoms. The molecule has 8 heteroatoms. The molecule has 0 amide bonds. The van der Waals surface area contributed by atoms with Gasteiger partial charge in [-0.05, 0) is 45.0 Å². The lowest BCUT2D eigenvalue weighted by Crippen LogP contribution is -2.40. The first-order chi connectivity index (χ1) is 14.0.